The smallest absolute Gasteiger partial charge is 0.410 e. The van der Waals surface area contributed by atoms with E-state index >= 15 is 0 Å². The van der Waals surface area contributed by atoms with Gasteiger partial charge in [-0.3, -0.25) is 24.2 Å². The highest BCUT2D eigenvalue weighted by atomic mass is 32.2. The Morgan fingerprint density at radius 3 is 2.55 bits per heavy atom. The first-order valence-electron chi connectivity index (χ1n) is 10.8. The van der Waals surface area contributed by atoms with Crippen molar-refractivity contribution in [3.63, 3.8) is 0 Å². The summed E-state index contributed by atoms with van der Waals surface area (Å²) in [5.74, 6) is -0.0195. The molecule has 0 unspecified atom stereocenters. The van der Waals surface area contributed by atoms with Gasteiger partial charge >= 0.3 is 6.09 Å². The molecule has 2 aliphatic rings. The highest BCUT2D eigenvalue weighted by Crippen LogP contribution is 2.32. The highest BCUT2D eigenvalue weighted by Gasteiger charge is 2.37. The average Bonchev–Trinajstić information content (AvgIpc) is 3.34. The van der Waals surface area contributed by atoms with Crippen molar-refractivity contribution in [1.29, 1.82) is 0 Å². The predicted octanol–water partition coefficient (Wildman–Crippen LogP) is 3.25. The van der Waals surface area contributed by atoms with E-state index in [0.29, 0.717) is 30.0 Å². The first kappa shape index (κ1) is 24.6. The summed E-state index contributed by atoms with van der Waals surface area (Å²) in [5.41, 5.74) is 0.129. The zero-order valence-electron chi connectivity index (χ0n) is 19.3. The van der Waals surface area contributed by atoms with E-state index in [0.717, 1.165) is 22.2 Å². The lowest BCUT2D eigenvalue weighted by molar-refractivity contribution is -0.126. The van der Waals surface area contributed by atoms with Crippen LogP contribution in [0.25, 0.3) is 6.08 Å². The van der Waals surface area contributed by atoms with Crippen LogP contribution < -0.4 is 10.1 Å². The molecule has 9 nitrogen and oxygen atoms in total. The van der Waals surface area contributed by atoms with Crippen LogP contribution in [0.4, 0.5) is 9.59 Å². The maximum absolute atomic E-state index is 12.7. The van der Waals surface area contributed by atoms with E-state index in [2.05, 4.69) is 5.32 Å². The Kier molecular flexibility index (Phi) is 7.68. The fraction of sp³-hybridized carbons (Fsp3) is 0.478. The van der Waals surface area contributed by atoms with Crippen LogP contribution in [0.1, 0.15) is 39.2 Å². The zero-order chi connectivity index (χ0) is 24.2. The van der Waals surface area contributed by atoms with Gasteiger partial charge in [0, 0.05) is 19.6 Å². The summed E-state index contributed by atoms with van der Waals surface area (Å²) in [5, 5.41) is 2.36. The number of amides is 4. The van der Waals surface area contributed by atoms with Crippen LogP contribution in [0.15, 0.2) is 29.2 Å². The summed E-state index contributed by atoms with van der Waals surface area (Å²) in [4.78, 5) is 52.9. The van der Waals surface area contributed by atoms with Crippen molar-refractivity contribution in [2.24, 2.45) is 0 Å². The minimum atomic E-state index is -0.647. The van der Waals surface area contributed by atoms with Crippen molar-refractivity contribution < 1.29 is 28.7 Å². The minimum Gasteiger partial charge on any atom is -0.497 e. The van der Waals surface area contributed by atoms with Crippen molar-refractivity contribution in [2.45, 2.75) is 45.3 Å². The van der Waals surface area contributed by atoms with E-state index < -0.39 is 23.6 Å². The second-order valence-electron chi connectivity index (χ2n) is 8.73. The van der Waals surface area contributed by atoms with Gasteiger partial charge in [-0.25, -0.2) is 4.79 Å². The number of rotatable bonds is 6. The van der Waals surface area contributed by atoms with Crippen LogP contribution in [-0.4, -0.2) is 71.3 Å². The van der Waals surface area contributed by atoms with Crippen molar-refractivity contribution in [1.82, 2.24) is 15.1 Å². The van der Waals surface area contributed by atoms with E-state index in [1.807, 2.05) is 0 Å². The van der Waals surface area contributed by atoms with Crippen LogP contribution in [0.2, 0.25) is 0 Å². The lowest BCUT2D eigenvalue weighted by Crippen LogP contribution is -2.49. The van der Waals surface area contributed by atoms with Gasteiger partial charge in [0.1, 0.15) is 17.4 Å². The van der Waals surface area contributed by atoms with Gasteiger partial charge in [0.15, 0.2) is 0 Å². The Hall–Kier alpha value is -3.01. The fourth-order valence-corrected chi connectivity index (χ4v) is 4.40. The standard InChI is InChI=1S/C23H29N3O6S/c1-23(2,3)32-21(29)25-12-5-6-17(25)19(27)24-11-13-26-20(28)18(33-22(26)30)14-15-7-9-16(31-4)10-8-15/h7-10,14,17H,5-6,11-13H2,1-4H3,(H,24,27)/b18-14-/t17-/m0/s1. The number of thioether (sulfide) groups is 1. The number of methoxy groups -OCH3 is 1. The van der Waals surface area contributed by atoms with Crippen molar-refractivity contribution in [3.05, 3.63) is 34.7 Å². The van der Waals surface area contributed by atoms with Gasteiger partial charge in [0.25, 0.3) is 11.1 Å². The van der Waals surface area contributed by atoms with E-state index in [4.69, 9.17) is 9.47 Å². The Balaban J connectivity index is 1.53. The Labute approximate surface area is 197 Å². The number of hydrogen-bond donors (Lipinski definition) is 1. The summed E-state index contributed by atoms with van der Waals surface area (Å²) < 4.78 is 10.5. The Bertz CT molecular complexity index is 954. The molecule has 4 amide bonds. The monoisotopic (exact) mass is 475 g/mol. The second-order valence-corrected chi connectivity index (χ2v) is 9.72. The zero-order valence-corrected chi connectivity index (χ0v) is 20.1. The number of nitrogens with zero attached hydrogens (tertiary/aromatic N) is 2. The van der Waals surface area contributed by atoms with E-state index in [-0.39, 0.29) is 24.2 Å². The molecular formula is C23H29N3O6S. The van der Waals surface area contributed by atoms with Crippen LogP contribution in [0.3, 0.4) is 0 Å². The van der Waals surface area contributed by atoms with Crippen molar-refractivity contribution >= 4 is 41.0 Å². The normalized spacial score (nSPS) is 19.9. The lowest BCUT2D eigenvalue weighted by atomic mass is 10.2. The van der Waals surface area contributed by atoms with E-state index in [1.54, 1.807) is 58.2 Å². The molecule has 0 radical (unpaired) electrons. The molecule has 0 saturated carbocycles. The van der Waals surface area contributed by atoms with Crippen LogP contribution in [0, 0.1) is 0 Å². The molecule has 0 aliphatic carbocycles. The summed E-state index contributed by atoms with van der Waals surface area (Å²) in [7, 11) is 1.57. The molecule has 1 aromatic rings. The van der Waals surface area contributed by atoms with Gasteiger partial charge in [-0.05, 0) is 69.1 Å². The molecular weight excluding hydrogens is 446 g/mol. The molecule has 2 saturated heterocycles. The molecule has 1 atom stereocenters. The van der Waals surface area contributed by atoms with Gasteiger partial charge in [-0.1, -0.05) is 12.1 Å². The molecule has 2 fully saturated rings. The molecule has 0 bridgehead atoms. The number of hydrogen-bond acceptors (Lipinski definition) is 7. The van der Waals surface area contributed by atoms with Crippen molar-refractivity contribution in [3.8, 4) is 5.75 Å². The molecule has 3 rings (SSSR count). The topological polar surface area (TPSA) is 105 Å². The fourth-order valence-electron chi connectivity index (χ4n) is 3.53. The van der Waals surface area contributed by atoms with Gasteiger partial charge in [0.05, 0.1) is 12.0 Å². The van der Waals surface area contributed by atoms with Crippen LogP contribution >= 0.6 is 11.8 Å². The number of carbonyl (C=O) groups excluding carboxylic acids is 4. The van der Waals surface area contributed by atoms with Crippen molar-refractivity contribution in [2.75, 3.05) is 26.7 Å². The molecule has 1 aromatic carbocycles. The first-order chi connectivity index (χ1) is 15.6. The molecule has 10 heteroatoms. The maximum Gasteiger partial charge on any atom is 0.410 e. The van der Waals surface area contributed by atoms with E-state index in [9.17, 15) is 19.2 Å². The van der Waals surface area contributed by atoms with Gasteiger partial charge in [-0.2, -0.15) is 0 Å². The van der Waals surface area contributed by atoms with Crippen LogP contribution in [-0.2, 0) is 14.3 Å². The third-order valence-corrected chi connectivity index (χ3v) is 6.01. The summed E-state index contributed by atoms with van der Waals surface area (Å²) in [6, 6.07) is 6.52. The summed E-state index contributed by atoms with van der Waals surface area (Å²) >= 11 is 0.865. The molecule has 0 aromatic heterocycles. The Morgan fingerprint density at radius 2 is 1.91 bits per heavy atom. The third-order valence-electron chi connectivity index (χ3n) is 5.11. The van der Waals surface area contributed by atoms with E-state index in [1.165, 1.54) is 4.90 Å². The summed E-state index contributed by atoms with van der Waals surface area (Å²) in [6.45, 7) is 5.92. The van der Waals surface area contributed by atoms with Gasteiger partial charge < -0.3 is 14.8 Å². The quantitative estimate of drug-likeness (QED) is 0.630. The largest absolute Gasteiger partial charge is 0.497 e. The molecule has 0 spiro atoms. The first-order valence-corrected chi connectivity index (χ1v) is 11.6. The summed E-state index contributed by atoms with van der Waals surface area (Å²) in [6.07, 6.45) is 2.38. The Morgan fingerprint density at radius 1 is 1.21 bits per heavy atom. The SMILES string of the molecule is COc1ccc(/C=C2\SC(=O)N(CCNC(=O)[C@@H]3CCCN3C(=O)OC(C)(C)C)C2=O)cc1. The minimum absolute atomic E-state index is 0.0511. The maximum atomic E-state index is 12.7. The molecule has 1 N–H and O–H groups in total. The molecule has 33 heavy (non-hydrogen) atoms. The third kappa shape index (κ3) is 6.28. The van der Waals surface area contributed by atoms with Gasteiger partial charge in [-0.15, -0.1) is 0 Å². The lowest BCUT2D eigenvalue weighted by Gasteiger charge is -2.28. The number of carbonyl (C=O) groups is 4. The highest BCUT2D eigenvalue weighted by molar-refractivity contribution is 8.18. The predicted molar refractivity (Wildman–Crippen MR) is 125 cm³/mol. The molecule has 178 valence electrons. The number of benzene rings is 1. The number of nitrogens with one attached hydrogen (secondary N) is 1. The molecule has 2 heterocycles. The average molecular weight is 476 g/mol. The number of likely N-dealkylation sites (tertiary alicyclic amines) is 1. The molecule has 2 aliphatic heterocycles. The number of ether oxygens (including phenoxy) is 2. The number of imide groups is 1. The van der Waals surface area contributed by atoms with Crippen LogP contribution in [0.5, 0.6) is 5.75 Å². The van der Waals surface area contributed by atoms with Gasteiger partial charge in [0.2, 0.25) is 5.91 Å². The second kappa shape index (κ2) is 10.3.